The van der Waals surface area contributed by atoms with Gasteiger partial charge in [0.2, 0.25) is 0 Å². The summed E-state index contributed by atoms with van der Waals surface area (Å²) in [6.07, 6.45) is 2.61. The molecular formula is C16H27NO2. The van der Waals surface area contributed by atoms with Crippen LogP contribution in [0.4, 0.5) is 0 Å². The minimum Gasteiger partial charge on any atom is -0.493 e. The van der Waals surface area contributed by atoms with Gasteiger partial charge in [-0.2, -0.15) is 0 Å². The van der Waals surface area contributed by atoms with E-state index in [0.29, 0.717) is 18.9 Å². The second-order valence-electron chi connectivity index (χ2n) is 5.06. The molecule has 3 nitrogen and oxygen atoms in total. The molecule has 0 heterocycles. The van der Waals surface area contributed by atoms with E-state index in [-0.39, 0.29) is 6.10 Å². The van der Waals surface area contributed by atoms with Gasteiger partial charge < -0.3 is 15.2 Å². The van der Waals surface area contributed by atoms with Crippen LogP contribution in [0.3, 0.4) is 0 Å². The van der Waals surface area contributed by atoms with Crippen LogP contribution < -0.4 is 10.1 Å². The van der Waals surface area contributed by atoms with Crippen molar-refractivity contribution in [1.29, 1.82) is 0 Å². The number of hydrogen-bond acceptors (Lipinski definition) is 3. The van der Waals surface area contributed by atoms with Gasteiger partial charge in [-0.1, -0.05) is 38.8 Å². The first kappa shape index (κ1) is 16.0. The third-order valence-corrected chi connectivity index (χ3v) is 3.45. The topological polar surface area (TPSA) is 41.5 Å². The maximum atomic E-state index is 9.78. The van der Waals surface area contributed by atoms with E-state index in [9.17, 15) is 5.11 Å². The summed E-state index contributed by atoms with van der Waals surface area (Å²) < 4.78 is 5.83. The number of aliphatic hydroxyl groups excluding tert-OH is 1. The highest BCUT2D eigenvalue weighted by Gasteiger charge is 2.07. The fourth-order valence-corrected chi connectivity index (χ4v) is 2.08. The fourth-order valence-electron chi connectivity index (χ4n) is 2.08. The number of rotatable bonds is 9. The molecule has 0 bridgehead atoms. The lowest BCUT2D eigenvalue weighted by Crippen LogP contribution is -2.25. The number of benzene rings is 1. The van der Waals surface area contributed by atoms with Gasteiger partial charge in [0.05, 0.1) is 12.7 Å². The Labute approximate surface area is 117 Å². The molecule has 1 aromatic rings. The van der Waals surface area contributed by atoms with Crippen LogP contribution in [0.15, 0.2) is 24.3 Å². The molecule has 0 fully saturated rings. The van der Waals surface area contributed by atoms with E-state index in [1.165, 1.54) is 0 Å². The van der Waals surface area contributed by atoms with Gasteiger partial charge in [-0.15, -0.1) is 0 Å². The monoisotopic (exact) mass is 265 g/mol. The van der Waals surface area contributed by atoms with Gasteiger partial charge in [0.25, 0.3) is 0 Å². The van der Waals surface area contributed by atoms with Gasteiger partial charge in [0.15, 0.2) is 0 Å². The van der Waals surface area contributed by atoms with Crippen LogP contribution in [-0.2, 0) is 6.42 Å². The van der Waals surface area contributed by atoms with Crippen LogP contribution >= 0.6 is 0 Å². The molecule has 0 saturated heterocycles. The van der Waals surface area contributed by atoms with Crippen molar-refractivity contribution >= 4 is 0 Å². The van der Waals surface area contributed by atoms with Gasteiger partial charge >= 0.3 is 0 Å². The number of likely N-dealkylation sites (N-methyl/N-ethyl adjacent to an activating group) is 1. The molecule has 0 aromatic heterocycles. The highest BCUT2D eigenvalue weighted by atomic mass is 16.5. The molecule has 1 atom stereocenters. The summed E-state index contributed by atoms with van der Waals surface area (Å²) in [4.78, 5) is 0. The van der Waals surface area contributed by atoms with Crippen molar-refractivity contribution in [2.24, 2.45) is 5.92 Å². The Morgan fingerprint density at radius 1 is 1.26 bits per heavy atom. The van der Waals surface area contributed by atoms with E-state index in [4.69, 9.17) is 4.74 Å². The number of nitrogens with one attached hydrogen (secondary N) is 1. The zero-order chi connectivity index (χ0) is 14.1. The average Bonchev–Trinajstić information content (AvgIpc) is 2.40. The normalized spacial score (nSPS) is 12.7. The molecule has 1 aromatic carbocycles. The summed E-state index contributed by atoms with van der Waals surface area (Å²) in [6.45, 7) is 5.78. The Bertz CT molecular complexity index is 350. The third-order valence-electron chi connectivity index (χ3n) is 3.45. The van der Waals surface area contributed by atoms with Crippen molar-refractivity contribution in [3.63, 3.8) is 0 Å². The molecule has 0 spiro atoms. The lowest BCUT2D eigenvalue weighted by molar-refractivity contribution is 0.174. The Morgan fingerprint density at radius 2 is 2.00 bits per heavy atom. The molecule has 0 aliphatic rings. The maximum Gasteiger partial charge on any atom is 0.119 e. The molecule has 3 heteroatoms. The third kappa shape index (κ3) is 6.08. The largest absolute Gasteiger partial charge is 0.493 e. The first-order valence-corrected chi connectivity index (χ1v) is 7.23. The highest BCUT2D eigenvalue weighted by molar-refractivity contribution is 5.29. The summed E-state index contributed by atoms with van der Waals surface area (Å²) >= 11 is 0. The smallest absolute Gasteiger partial charge is 0.119 e. The number of hydrogen-bond donors (Lipinski definition) is 2. The predicted molar refractivity (Wildman–Crippen MR) is 79.6 cm³/mol. The number of aliphatic hydroxyl groups is 1. The van der Waals surface area contributed by atoms with E-state index in [1.54, 1.807) is 0 Å². The lowest BCUT2D eigenvalue weighted by atomic mass is 10.1. The zero-order valence-electron chi connectivity index (χ0n) is 12.4. The lowest BCUT2D eigenvalue weighted by Gasteiger charge is -2.15. The highest BCUT2D eigenvalue weighted by Crippen LogP contribution is 2.17. The molecule has 0 saturated carbocycles. The Balaban J connectivity index is 2.51. The van der Waals surface area contributed by atoms with Crippen LogP contribution in [0.5, 0.6) is 5.75 Å². The molecule has 108 valence electrons. The van der Waals surface area contributed by atoms with Crippen molar-refractivity contribution in [3.05, 3.63) is 29.8 Å². The summed E-state index contributed by atoms with van der Waals surface area (Å²) in [5.41, 5.74) is 1.12. The van der Waals surface area contributed by atoms with Gasteiger partial charge in [0, 0.05) is 6.54 Å². The molecular weight excluding hydrogens is 238 g/mol. The number of ether oxygens (including phenoxy) is 1. The average molecular weight is 265 g/mol. The van der Waals surface area contributed by atoms with Crippen LogP contribution in [-0.4, -0.2) is 31.4 Å². The molecule has 0 radical (unpaired) electrons. The van der Waals surface area contributed by atoms with E-state index >= 15 is 0 Å². The molecule has 19 heavy (non-hydrogen) atoms. The van der Waals surface area contributed by atoms with Gasteiger partial charge in [-0.3, -0.25) is 0 Å². The Kier molecular flexibility index (Phi) is 7.53. The quantitative estimate of drug-likeness (QED) is 0.721. The summed E-state index contributed by atoms with van der Waals surface area (Å²) in [5.74, 6) is 1.53. The van der Waals surface area contributed by atoms with Gasteiger partial charge in [-0.25, -0.2) is 0 Å². The van der Waals surface area contributed by atoms with Gasteiger partial charge in [-0.05, 0) is 37.1 Å². The van der Waals surface area contributed by atoms with E-state index < -0.39 is 0 Å². The molecule has 1 unspecified atom stereocenters. The van der Waals surface area contributed by atoms with Gasteiger partial charge in [0.1, 0.15) is 5.75 Å². The summed E-state index contributed by atoms with van der Waals surface area (Å²) in [6, 6.07) is 8.03. The molecule has 0 aliphatic heterocycles. The van der Waals surface area contributed by atoms with Crippen LogP contribution in [0, 0.1) is 5.92 Å². The minimum absolute atomic E-state index is 0.348. The maximum absolute atomic E-state index is 9.78. The molecule has 0 aliphatic carbocycles. The van der Waals surface area contributed by atoms with Crippen molar-refractivity contribution in [2.45, 2.75) is 39.2 Å². The second-order valence-corrected chi connectivity index (χ2v) is 5.06. The van der Waals surface area contributed by atoms with Crippen molar-refractivity contribution in [2.75, 3.05) is 20.2 Å². The van der Waals surface area contributed by atoms with Crippen LogP contribution in [0.1, 0.15) is 32.3 Å². The van der Waals surface area contributed by atoms with E-state index in [0.717, 1.165) is 30.8 Å². The summed E-state index contributed by atoms with van der Waals surface area (Å²) in [7, 11) is 1.85. The van der Waals surface area contributed by atoms with Crippen LogP contribution in [0.25, 0.3) is 0 Å². The molecule has 1 rings (SSSR count). The SMILES string of the molecule is CCC(CC)COc1cccc(CC(O)CNC)c1. The zero-order valence-corrected chi connectivity index (χ0v) is 12.4. The molecule has 2 N–H and O–H groups in total. The van der Waals surface area contributed by atoms with Crippen molar-refractivity contribution in [3.8, 4) is 5.75 Å². The van der Waals surface area contributed by atoms with E-state index in [1.807, 2.05) is 31.3 Å². The van der Waals surface area contributed by atoms with Crippen molar-refractivity contribution in [1.82, 2.24) is 5.32 Å². The first-order valence-electron chi connectivity index (χ1n) is 7.23. The van der Waals surface area contributed by atoms with Crippen molar-refractivity contribution < 1.29 is 9.84 Å². The summed E-state index contributed by atoms with van der Waals surface area (Å²) in [5, 5.41) is 12.8. The molecule has 0 amide bonds. The fraction of sp³-hybridized carbons (Fsp3) is 0.625. The first-order chi connectivity index (χ1) is 9.19. The Morgan fingerprint density at radius 3 is 2.63 bits per heavy atom. The standard InChI is InChI=1S/C16H27NO2/c1-4-13(5-2)12-19-16-8-6-7-14(10-16)9-15(18)11-17-3/h6-8,10,13,15,17-18H,4-5,9,11-12H2,1-3H3. The van der Waals surface area contributed by atoms with E-state index in [2.05, 4.69) is 19.2 Å². The second kappa shape index (κ2) is 8.94. The predicted octanol–water partition coefficient (Wildman–Crippen LogP) is 2.62. The van der Waals surface area contributed by atoms with Crippen LogP contribution in [0.2, 0.25) is 0 Å². The minimum atomic E-state index is -0.348. The Hall–Kier alpha value is -1.06.